The lowest BCUT2D eigenvalue weighted by Crippen LogP contribution is -2.49. The van der Waals surface area contributed by atoms with Crippen LogP contribution >= 0.6 is 0 Å². The molecule has 0 aliphatic carbocycles. The SMILES string of the molecule is Cc1cc(NC(=O)c2ccc(N3CCN(C(=O)c4ccccc4C(F)(F)F)CC3)nn2)n[nH]1. The summed E-state index contributed by atoms with van der Waals surface area (Å²) in [5.74, 6) is -0.241. The van der Waals surface area contributed by atoms with Crippen LogP contribution in [0.4, 0.5) is 24.8 Å². The molecule has 3 heterocycles. The second kappa shape index (κ2) is 8.88. The third-order valence-corrected chi connectivity index (χ3v) is 5.18. The van der Waals surface area contributed by atoms with Gasteiger partial charge in [-0.25, -0.2) is 0 Å². The normalized spacial score (nSPS) is 14.3. The number of aromatic amines is 1. The lowest BCUT2D eigenvalue weighted by Gasteiger charge is -2.35. The highest BCUT2D eigenvalue weighted by Crippen LogP contribution is 2.32. The van der Waals surface area contributed by atoms with Crippen molar-refractivity contribution in [3.63, 3.8) is 0 Å². The number of hydrogen-bond donors (Lipinski definition) is 2. The van der Waals surface area contributed by atoms with E-state index in [0.717, 1.165) is 11.8 Å². The van der Waals surface area contributed by atoms with Crippen LogP contribution in [0.2, 0.25) is 0 Å². The van der Waals surface area contributed by atoms with E-state index in [4.69, 9.17) is 0 Å². The predicted octanol–water partition coefficient (Wildman–Crippen LogP) is 2.74. The maximum absolute atomic E-state index is 13.2. The number of rotatable bonds is 4. The van der Waals surface area contributed by atoms with Crippen LogP contribution in [0.3, 0.4) is 0 Å². The number of benzene rings is 1. The van der Waals surface area contributed by atoms with E-state index in [-0.39, 0.29) is 24.3 Å². The molecule has 0 radical (unpaired) electrons. The van der Waals surface area contributed by atoms with Crippen molar-refractivity contribution < 1.29 is 22.8 Å². The molecule has 172 valence electrons. The van der Waals surface area contributed by atoms with Crippen molar-refractivity contribution in [2.45, 2.75) is 13.1 Å². The molecule has 2 N–H and O–H groups in total. The molecule has 3 aromatic rings. The summed E-state index contributed by atoms with van der Waals surface area (Å²) >= 11 is 0. The summed E-state index contributed by atoms with van der Waals surface area (Å²) in [4.78, 5) is 28.2. The van der Waals surface area contributed by atoms with Crippen LogP contribution in [-0.4, -0.2) is 63.3 Å². The first kappa shape index (κ1) is 22.2. The minimum atomic E-state index is -4.60. The molecule has 0 atom stereocenters. The summed E-state index contributed by atoms with van der Waals surface area (Å²) in [5.41, 5.74) is -0.397. The Morgan fingerprint density at radius 2 is 1.76 bits per heavy atom. The number of alkyl halides is 3. The standard InChI is InChI=1S/C21H20F3N7O2/c1-13-12-17(28-26-13)25-19(32)16-6-7-18(29-27-16)30-8-10-31(11-9-30)20(33)14-4-2-3-5-15(14)21(22,23)24/h2-7,12H,8-11H2,1H3,(H2,25,26,28,32). The van der Waals surface area contributed by atoms with Crippen LogP contribution in [0.1, 0.15) is 32.1 Å². The molecule has 0 unspecified atom stereocenters. The number of aromatic nitrogens is 4. The van der Waals surface area contributed by atoms with Crippen molar-refractivity contribution in [1.29, 1.82) is 0 Å². The van der Waals surface area contributed by atoms with Crippen molar-refractivity contribution in [3.05, 3.63) is 65.0 Å². The number of nitrogens with one attached hydrogen (secondary N) is 2. The van der Waals surface area contributed by atoms with Gasteiger partial charge in [0.25, 0.3) is 11.8 Å². The van der Waals surface area contributed by atoms with Crippen molar-refractivity contribution in [3.8, 4) is 0 Å². The van der Waals surface area contributed by atoms with Gasteiger partial charge in [0.05, 0.1) is 11.1 Å². The van der Waals surface area contributed by atoms with E-state index in [1.807, 2.05) is 4.90 Å². The van der Waals surface area contributed by atoms with Crippen LogP contribution in [-0.2, 0) is 6.18 Å². The number of nitrogens with zero attached hydrogens (tertiary/aromatic N) is 5. The van der Waals surface area contributed by atoms with Crippen molar-refractivity contribution in [2.24, 2.45) is 0 Å². The maximum Gasteiger partial charge on any atom is 0.417 e. The maximum atomic E-state index is 13.2. The molecule has 1 aromatic carbocycles. The largest absolute Gasteiger partial charge is 0.417 e. The van der Waals surface area contributed by atoms with Gasteiger partial charge in [0.1, 0.15) is 0 Å². The third kappa shape index (κ3) is 4.94. The average molecular weight is 459 g/mol. The molecule has 0 saturated carbocycles. The van der Waals surface area contributed by atoms with Crippen molar-refractivity contribution in [2.75, 3.05) is 36.4 Å². The number of piperazine rings is 1. The fourth-order valence-electron chi connectivity index (χ4n) is 3.50. The van der Waals surface area contributed by atoms with Gasteiger partial charge in [-0.1, -0.05) is 12.1 Å². The Morgan fingerprint density at radius 3 is 2.36 bits per heavy atom. The summed E-state index contributed by atoms with van der Waals surface area (Å²) < 4.78 is 39.7. The number of halogens is 3. The first-order valence-corrected chi connectivity index (χ1v) is 10.1. The summed E-state index contributed by atoms with van der Waals surface area (Å²) in [6, 6.07) is 9.60. The molecule has 4 rings (SSSR count). The molecule has 9 nitrogen and oxygen atoms in total. The monoisotopic (exact) mass is 459 g/mol. The number of amides is 2. The fourth-order valence-corrected chi connectivity index (χ4v) is 3.50. The molecule has 0 bridgehead atoms. The zero-order chi connectivity index (χ0) is 23.6. The summed E-state index contributed by atoms with van der Waals surface area (Å²) in [6.07, 6.45) is -4.60. The fraction of sp³-hybridized carbons (Fsp3) is 0.286. The Balaban J connectivity index is 1.37. The minimum absolute atomic E-state index is 0.108. The predicted molar refractivity (Wildman–Crippen MR) is 113 cm³/mol. The Labute approximate surface area is 186 Å². The highest BCUT2D eigenvalue weighted by Gasteiger charge is 2.36. The highest BCUT2D eigenvalue weighted by molar-refractivity contribution is 6.02. The third-order valence-electron chi connectivity index (χ3n) is 5.18. The van der Waals surface area contributed by atoms with Crippen molar-refractivity contribution >= 4 is 23.5 Å². The zero-order valence-electron chi connectivity index (χ0n) is 17.6. The molecule has 1 aliphatic heterocycles. The van der Waals surface area contributed by atoms with Gasteiger partial charge in [0.15, 0.2) is 17.3 Å². The van der Waals surface area contributed by atoms with E-state index in [1.54, 1.807) is 19.1 Å². The first-order chi connectivity index (χ1) is 15.7. The topological polar surface area (TPSA) is 107 Å². The van der Waals surface area contributed by atoms with E-state index >= 15 is 0 Å². The molecule has 2 aromatic heterocycles. The number of hydrogen-bond acceptors (Lipinski definition) is 6. The molecule has 1 aliphatic rings. The average Bonchev–Trinajstić information content (AvgIpc) is 3.22. The van der Waals surface area contributed by atoms with Crippen LogP contribution < -0.4 is 10.2 Å². The second-order valence-corrected chi connectivity index (χ2v) is 7.49. The van der Waals surface area contributed by atoms with Gasteiger partial charge in [0.2, 0.25) is 0 Å². The lowest BCUT2D eigenvalue weighted by atomic mass is 10.1. The molecule has 0 spiro atoms. The van der Waals surface area contributed by atoms with Crippen LogP contribution in [0, 0.1) is 6.92 Å². The first-order valence-electron chi connectivity index (χ1n) is 10.1. The zero-order valence-corrected chi connectivity index (χ0v) is 17.6. The quantitative estimate of drug-likeness (QED) is 0.621. The number of anilines is 2. The molecular weight excluding hydrogens is 439 g/mol. The van der Waals surface area contributed by atoms with Gasteiger partial charge < -0.3 is 15.1 Å². The lowest BCUT2D eigenvalue weighted by molar-refractivity contribution is -0.138. The number of carbonyl (C=O) groups excluding carboxylic acids is 2. The molecular formula is C21H20F3N7O2. The number of H-pyrrole nitrogens is 1. The van der Waals surface area contributed by atoms with E-state index in [9.17, 15) is 22.8 Å². The number of aryl methyl sites for hydroxylation is 1. The Kier molecular flexibility index (Phi) is 5.99. The van der Waals surface area contributed by atoms with Gasteiger partial charge >= 0.3 is 6.18 Å². The smallest absolute Gasteiger partial charge is 0.352 e. The molecule has 2 amide bonds. The van der Waals surface area contributed by atoms with Crippen LogP contribution in [0.25, 0.3) is 0 Å². The summed E-state index contributed by atoms with van der Waals surface area (Å²) in [6.45, 7) is 3.00. The van der Waals surface area contributed by atoms with Gasteiger partial charge in [-0.3, -0.25) is 14.7 Å². The Hall–Kier alpha value is -3.96. The Morgan fingerprint density at radius 1 is 1.03 bits per heavy atom. The molecule has 1 saturated heterocycles. The van der Waals surface area contributed by atoms with E-state index in [2.05, 4.69) is 25.7 Å². The van der Waals surface area contributed by atoms with E-state index < -0.39 is 23.6 Å². The van der Waals surface area contributed by atoms with E-state index in [0.29, 0.717) is 24.7 Å². The van der Waals surface area contributed by atoms with E-state index in [1.165, 1.54) is 29.2 Å². The van der Waals surface area contributed by atoms with Crippen molar-refractivity contribution in [1.82, 2.24) is 25.3 Å². The molecule has 1 fully saturated rings. The molecule has 33 heavy (non-hydrogen) atoms. The summed E-state index contributed by atoms with van der Waals surface area (Å²) in [7, 11) is 0. The number of carbonyl (C=O) groups is 2. The van der Waals surface area contributed by atoms with Crippen LogP contribution in [0.15, 0.2) is 42.5 Å². The minimum Gasteiger partial charge on any atom is -0.352 e. The highest BCUT2D eigenvalue weighted by atomic mass is 19.4. The van der Waals surface area contributed by atoms with Gasteiger partial charge in [0, 0.05) is 37.9 Å². The second-order valence-electron chi connectivity index (χ2n) is 7.49. The molecule has 12 heteroatoms. The van der Waals surface area contributed by atoms with Gasteiger partial charge in [-0.15, -0.1) is 10.2 Å². The van der Waals surface area contributed by atoms with Gasteiger partial charge in [-0.05, 0) is 31.2 Å². The van der Waals surface area contributed by atoms with Crippen LogP contribution in [0.5, 0.6) is 0 Å². The van der Waals surface area contributed by atoms with Gasteiger partial charge in [-0.2, -0.15) is 18.3 Å². The summed E-state index contributed by atoms with van der Waals surface area (Å²) in [5, 5.41) is 17.3. The Bertz CT molecular complexity index is 1150.